The molecule has 0 unspecified atom stereocenters. The van der Waals surface area contributed by atoms with Gasteiger partial charge in [0.15, 0.2) is 5.71 Å². The number of hydrogen-bond donors (Lipinski definition) is 1. The number of para-hydroxylation sites is 1. The largest absolute Gasteiger partial charge is 0.494 e. The molecule has 4 aromatic rings. The fourth-order valence-corrected chi connectivity index (χ4v) is 4.18. The number of fused-ring (bicyclic) bond motifs is 2. The maximum Gasteiger partial charge on any atom is 0.279 e. The highest BCUT2D eigenvalue weighted by Gasteiger charge is 2.31. The molecule has 0 bridgehead atoms. The van der Waals surface area contributed by atoms with E-state index in [0.717, 1.165) is 16.8 Å². The summed E-state index contributed by atoms with van der Waals surface area (Å²) in [5, 5.41) is 20.5. The zero-order valence-electron chi connectivity index (χ0n) is 19.0. The van der Waals surface area contributed by atoms with Gasteiger partial charge in [-0.05, 0) is 49.2 Å². The number of rotatable bonds is 3. The smallest absolute Gasteiger partial charge is 0.279 e. The minimum Gasteiger partial charge on any atom is -0.494 e. The summed E-state index contributed by atoms with van der Waals surface area (Å²) in [7, 11) is 1.69. The Balaban J connectivity index is 1.68. The first-order valence-corrected chi connectivity index (χ1v) is 10.8. The molecule has 7 heteroatoms. The van der Waals surface area contributed by atoms with Crippen molar-refractivity contribution in [1.29, 1.82) is 0 Å². The van der Waals surface area contributed by atoms with Gasteiger partial charge in [0, 0.05) is 23.4 Å². The van der Waals surface area contributed by atoms with Gasteiger partial charge in [0.2, 0.25) is 5.88 Å². The molecule has 7 nitrogen and oxygen atoms in total. The number of aromatic nitrogens is 1. The van der Waals surface area contributed by atoms with E-state index in [1.54, 1.807) is 37.4 Å². The molecule has 0 atom stereocenters. The summed E-state index contributed by atoms with van der Waals surface area (Å²) in [6.07, 6.45) is 1.38. The van der Waals surface area contributed by atoms with E-state index in [0.29, 0.717) is 27.6 Å². The van der Waals surface area contributed by atoms with Crippen LogP contribution in [0.4, 0.5) is 5.69 Å². The van der Waals surface area contributed by atoms with E-state index in [4.69, 9.17) is 0 Å². The minimum atomic E-state index is -0.332. The number of amides is 1. The second kappa shape index (κ2) is 8.12. The second-order valence-corrected chi connectivity index (χ2v) is 8.27. The molecule has 0 fully saturated rings. The number of likely N-dealkylation sites (N-methyl/N-ethyl adjacent to an activating group) is 1. The molecule has 0 saturated carbocycles. The highest BCUT2D eigenvalue weighted by molar-refractivity contribution is 6.54. The predicted molar refractivity (Wildman–Crippen MR) is 135 cm³/mol. The lowest BCUT2D eigenvalue weighted by Gasteiger charge is -2.14. The highest BCUT2D eigenvalue weighted by Crippen LogP contribution is 2.29. The summed E-state index contributed by atoms with van der Waals surface area (Å²) in [4.78, 5) is 27.5. The standard InChI is InChI=1S/C27H22N4O3/c1-16-12-13-18(14-17(16)2)31-25(32)20-9-5-4-8-19(20)22(26(31)33)15-28-29-24-21-10-6-7-11-23(21)30(3)27(24)34/h4-15,33H,1-3H3/b28-15-,29-24-. The topological polar surface area (TPSA) is 87.3 Å². The molecule has 0 saturated heterocycles. The third-order valence-electron chi connectivity index (χ3n) is 6.22. The molecule has 0 aliphatic carbocycles. The first-order valence-electron chi connectivity index (χ1n) is 10.8. The van der Waals surface area contributed by atoms with Gasteiger partial charge < -0.3 is 10.0 Å². The summed E-state index contributed by atoms with van der Waals surface area (Å²) in [5.74, 6) is -0.501. The van der Waals surface area contributed by atoms with Crippen molar-refractivity contribution < 1.29 is 9.90 Å². The van der Waals surface area contributed by atoms with Crippen LogP contribution < -0.4 is 10.5 Å². The number of pyridine rings is 1. The lowest BCUT2D eigenvalue weighted by molar-refractivity contribution is -0.111. The second-order valence-electron chi connectivity index (χ2n) is 8.27. The minimum absolute atomic E-state index is 0.223. The number of aromatic hydroxyl groups is 1. The summed E-state index contributed by atoms with van der Waals surface area (Å²) < 4.78 is 1.27. The molecule has 3 aromatic carbocycles. The third-order valence-corrected chi connectivity index (χ3v) is 6.22. The van der Waals surface area contributed by atoms with Crippen molar-refractivity contribution in [2.24, 2.45) is 10.2 Å². The Labute approximate surface area is 195 Å². The number of carbonyl (C=O) groups excluding carboxylic acids is 1. The van der Waals surface area contributed by atoms with E-state index in [-0.39, 0.29) is 23.1 Å². The van der Waals surface area contributed by atoms with Crippen molar-refractivity contribution >= 4 is 34.3 Å². The Hall–Kier alpha value is -4.52. The van der Waals surface area contributed by atoms with Gasteiger partial charge in [0.25, 0.3) is 11.5 Å². The molecular formula is C27H22N4O3. The molecule has 5 rings (SSSR count). The van der Waals surface area contributed by atoms with Crippen molar-refractivity contribution in [2.45, 2.75) is 13.8 Å². The molecule has 1 aromatic heterocycles. The van der Waals surface area contributed by atoms with Gasteiger partial charge in [-0.3, -0.25) is 9.59 Å². The van der Waals surface area contributed by atoms with Gasteiger partial charge in [0.05, 0.1) is 23.2 Å². The monoisotopic (exact) mass is 450 g/mol. The molecule has 0 radical (unpaired) electrons. The van der Waals surface area contributed by atoms with E-state index in [1.165, 1.54) is 15.7 Å². The van der Waals surface area contributed by atoms with Crippen LogP contribution in [0.5, 0.6) is 5.88 Å². The first-order chi connectivity index (χ1) is 16.4. The van der Waals surface area contributed by atoms with E-state index in [2.05, 4.69) is 10.2 Å². The van der Waals surface area contributed by atoms with Crippen molar-refractivity contribution in [2.75, 3.05) is 11.9 Å². The predicted octanol–water partition coefficient (Wildman–Crippen LogP) is 4.11. The van der Waals surface area contributed by atoms with Gasteiger partial charge in [0.1, 0.15) is 0 Å². The van der Waals surface area contributed by atoms with Crippen LogP contribution >= 0.6 is 0 Å². The van der Waals surface area contributed by atoms with E-state index >= 15 is 0 Å². The number of carbonyl (C=O) groups is 1. The Bertz CT molecular complexity index is 1600. The molecule has 1 N–H and O–H groups in total. The third kappa shape index (κ3) is 3.29. The Morgan fingerprint density at radius 3 is 2.35 bits per heavy atom. The maximum atomic E-state index is 13.3. The summed E-state index contributed by atoms with van der Waals surface area (Å²) in [6, 6.07) is 19.9. The zero-order chi connectivity index (χ0) is 24.0. The van der Waals surface area contributed by atoms with Crippen LogP contribution in [0.2, 0.25) is 0 Å². The fourth-order valence-electron chi connectivity index (χ4n) is 4.18. The summed E-state index contributed by atoms with van der Waals surface area (Å²) in [5.41, 5.74) is 4.33. The van der Waals surface area contributed by atoms with Crippen LogP contribution in [0.15, 0.2) is 81.7 Å². The Morgan fingerprint density at radius 2 is 1.59 bits per heavy atom. The van der Waals surface area contributed by atoms with Crippen molar-refractivity contribution in [3.05, 3.63) is 99.3 Å². The van der Waals surface area contributed by atoms with Gasteiger partial charge in [-0.25, -0.2) is 4.57 Å². The van der Waals surface area contributed by atoms with Crippen LogP contribution in [0.1, 0.15) is 22.3 Å². The van der Waals surface area contributed by atoms with Crippen LogP contribution in [0.3, 0.4) is 0 Å². The number of aryl methyl sites for hydroxylation is 2. The lowest BCUT2D eigenvalue weighted by atomic mass is 10.1. The fraction of sp³-hybridized carbons (Fsp3) is 0.111. The number of nitrogens with zero attached hydrogens (tertiary/aromatic N) is 4. The molecule has 0 spiro atoms. The van der Waals surface area contributed by atoms with E-state index in [9.17, 15) is 14.7 Å². The van der Waals surface area contributed by atoms with Crippen molar-refractivity contribution in [1.82, 2.24) is 4.57 Å². The Kier molecular flexibility index (Phi) is 5.09. The normalized spacial score (nSPS) is 14.5. The quantitative estimate of drug-likeness (QED) is 0.376. The summed E-state index contributed by atoms with van der Waals surface area (Å²) in [6.45, 7) is 3.94. The average Bonchev–Trinajstić information content (AvgIpc) is 3.08. The highest BCUT2D eigenvalue weighted by atomic mass is 16.3. The molecule has 168 valence electrons. The summed E-state index contributed by atoms with van der Waals surface area (Å²) >= 11 is 0. The van der Waals surface area contributed by atoms with Crippen LogP contribution in [0.25, 0.3) is 16.5 Å². The van der Waals surface area contributed by atoms with Crippen molar-refractivity contribution in [3.8, 4) is 11.6 Å². The zero-order valence-corrected chi connectivity index (χ0v) is 19.0. The first kappa shape index (κ1) is 21.3. The van der Waals surface area contributed by atoms with Gasteiger partial charge in [-0.2, -0.15) is 5.10 Å². The Morgan fingerprint density at radius 1 is 0.882 bits per heavy atom. The van der Waals surface area contributed by atoms with Crippen LogP contribution in [-0.2, 0) is 4.79 Å². The molecule has 1 aliphatic rings. The van der Waals surface area contributed by atoms with Gasteiger partial charge in [-0.1, -0.05) is 42.5 Å². The SMILES string of the molecule is Cc1ccc(-n2c(O)c(/C=N\N=C3/C(=O)N(C)c4ccccc43)c3ccccc3c2=O)cc1C. The van der Waals surface area contributed by atoms with E-state index in [1.807, 2.05) is 50.2 Å². The van der Waals surface area contributed by atoms with Gasteiger partial charge >= 0.3 is 0 Å². The van der Waals surface area contributed by atoms with Crippen LogP contribution in [-0.4, -0.2) is 34.6 Å². The maximum absolute atomic E-state index is 13.3. The average molecular weight is 450 g/mol. The van der Waals surface area contributed by atoms with Crippen LogP contribution in [0, 0.1) is 13.8 Å². The molecule has 1 aliphatic heterocycles. The number of benzene rings is 3. The van der Waals surface area contributed by atoms with Crippen molar-refractivity contribution in [3.63, 3.8) is 0 Å². The number of hydrogen-bond acceptors (Lipinski definition) is 5. The lowest BCUT2D eigenvalue weighted by Crippen LogP contribution is -2.25. The van der Waals surface area contributed by atoms with Gasteiger partial charge in [-0.15, -0.1) is 5.10 Å². The van der Waals surface area contributed by atoms with E-state index < -0.39 is 0 Å². The molecule has 2 heterocycles. The molecule has 1 amide bonds. The number of anilines is 1. The molecular weight excluding hydrogens is 428 g/mol. The molecule has 34 heavy (non-hydrogen) atoms.